The number of likely N-dealkylation sites (N-methyl/N-ethyl adjacent to an activating group) is 1. The molecule has 4 rings (SSSR count). The van der Waals surface area contributed by atoms with Gasteiger partial charge in [-0.15, -0.1) is 11.3 Å². The third-order valence-corrected chi connectivity index (χ3v) is 6.23. The molecule has 126 valence electrons. The lowest BCUT2D eigenvalue weighted by atomic mass is 10.1. The van der Waals surface area contributed by atoms with E-state index in [4.69, 9.17) is 10.2 Å². The van der Waals surface area contributed by atoms with E-state index in [9.17, 15) is 4.79 Å². The lowest BCUT2D eigenvalue weighted by molar-refractivity contribution is 0.318. The van der Waals surface area contributed by atoms with Crippen molar-refractivity contribution in [1.82, 2.24) is 14.5 Å². The second-order valence-electron chi connectivity index (χ2n) is 5.99. The van der Waals surface area contributed by atoms with E-state index >= 15 is 0 Å². The van der Waals surface area contributed by atoms with Crippen LogP contribution in [-0.2, 0) is 13.0 Å². The molecule has 0 atom stereocenters. The van der Waals surface area contributed by atoms with Crippen molar-refractivity contribution in [3.05, 3.63) is 51.1 Å². The maximum Gasteiger partial charge on any atom is 0.267 e. The minimum Gasteiger partial charge on any atom is -0.301 e. The largest absolute Gasteiger partial charge is 0.301 e. The van der Waals surface area contributed by atoms with Gasteiger partial charge in [-0.1, -0.05) is 30.0 Å². The molecule has 0 bridgehead atoms. The van der Waals surface area contributed by atoms with Gasteiger partial charge in [0.15, 0.2) is 5.16 Å². The monoisotopic (exact) mass is 368 g/mol. The van der Waals surface area contributed by atoms with E-state index in [0.29, 0.717) is 5.16 Å². The summed E-state index contributed by atoms with van der Waals surface area (Å²) in [6.45, 7) is 1.82. The average molecular weight is 368 g/mol. The predicted molar refractivity (Wildman–Crippen MR) is 102 cm³/mol. The lowest BCUT2D eigenvalue weighted by Crippen LogP contribution is -2.27. The molecule has 1 aliphatic rings. The molecule has 5 nitrogen and oxygen atoms in total. The van der Waals surface area contributed by atoms with Crippen molar-refractivity contribution in [2.75, 3.05) is 19.3 Å². The summed E-state index contributed by atoms with van der Waals surface area (Å²) in [5, 5.41) is 10.3. The molecule has 1 aromatic carbocycles. The zero-order chi connectivity index (χ0) is 17.4. The van der Waals surface area contributed by atoms with Crippen LogP contribution in [0.15, 0.2) is 40.3 Å². The molecule has 0 saturated heterocycles. The first-order valence-electron chi connectivity index (χ1n) is 8.00. The summed E-state index contributed by atoms with van der Waals surface area (Å²) in [6.07, 6.45) is 0.877. The van der Waals surface area contributed by atoms with Gasteiger partial charge in [-0.05, 0) is 31.2 Å². The number of fused-ring (bicyclic) bond motifs is 3. The highest BCUT2D eigenvalue weighted by molar-refractivity contribution is 7.99. The summed E-state index contributed by atoms with van der Waals surface area (Å²) in [4.78, 5) is 22.4. The van der Waals surface area contributed by atoms with Crippen molar-refractivity contribution in [2.24, 2.45) is 0 Å². The molecule has 25 heavy (non-hydrogen) atoms. The van der Waals surface area contributed by atoms with Crippen molar-refractivity contribution in [3.63, 3.8) is 0 Å². The topological polar surface area (TPSA) is 61.9 Å². The van der Waals surface area contributed by atoms with Gasteiger partial charge in [0.05, 0.1) is 22.9 Å². The van der Waals surface area contributed by atoms with Crippen molar-refractivity contribution in [2.45, 2.75) is 18.1 Å². The minimum absolute atomic E-state index is 0.0290. The van der Waals surface area contributed by atoms with Crippen molar-refractivity contribution < 1.29 is 0 Å². The SMILES string of the molecule is CN1CCc2c(sc3nc(SCC#N)n(-c4ccccc4)c(=O)c23)C1. The van der Waals surface area contributed by atoms with Gasteiger partial charge < -0.3 is 4.90 Å². The molecule has 1 aliphatic heterocycles. The van der Waals surface area contributed by atoms with Crippen LogP contribution in [-0.4, -0.2) is 33.8 Å². The van der Waals surface area contributed by atoms with Gasteiger partial charge in [0.1, 0.15) is 4.83 Å². The van der Waals surface area contributed by atoms with E-state index in [0.717, 1.165) is 41.0 Å². The number of para-hydroxylation sites is 1. The zero-order valence-electron chi connectivity index (χ0n) is 13.7. The van der Waals surface area contributed by atoms with Gasteiger partial charge in [-0.2, -0.15) is 5.26 Å². The Labute approximate surface area is 153 Å². The molecule has 0 spiro atoms. The molecule has 2 aromatic heterocycles. The number of hydrogen-bond donors (Lipinski definition) is 0. The number of aromatic nitrogens is 2. The smallest absolute Gasteiger partial charge is 0.267 e. The van der Waals surface area contributed by atoms with Crippen molar-refractivity contribution in [1.29, 1.82) is 5.26 Å². The molecule has 0 saturated carbocycles. The molecule has 7 heteroatoms. The number of thiophene rings is 1. The standard InChI is InChI=1S/C18H16N4OS2/c1-21-9-7-13-14(11-21)25-16-15(13)17(23)22(12-5-3-2-4-6-12)18(20-16)24-10-8-19/h2-6H,7,9-11H2,1H3. The van der Waals surface area contributed by atoms with Crippen molar-refractivity contribution in [3.8, 4) is 11.8 Å². The first-order valence-corrected chi connectivity index (χ1v) is 9.80. The third kappa shape index (κ3) is 2.86. The highest BCUT2D eigenvalue weighted by atomic mass is 32.2. The number of nitrogens with zero attached hydrogens (tertiary/aromatic N) is 4. The maximum atomic E-state index is 13.3. The summed E-state index contributed by atoms with van der Waals surface area (Å²) in [6, 6.07) is 11.7. The van der Waals surface area contributed by atoms with Crippen molar-refractivity contribution >= 4 is 33.3 Å². The Hall–Kier alpha value is -2.14. The fourth-order valence-electron chi connectivity index (χ4n) is 3.15. The van der Waals surface area contributed by atoms with Gasteiger partial charge >= 0.3 is 0 Å². The molecule has 0 N–H and O–H groups in total. The number of nitriles is 1. The fraction of sp³-hybridized carbons (Fsp3) is 0.278. The molecule has 0 amide bonds. The quantitative estimate of drug-likeness (QED) is 0.525. The van der Waals surface area contributed by atoms with Gasteiger partial charge in [0, 0.05) is 18.0 Å². The molecule has 0 unspecified atom stereocenters. The normalized spacial score (nSPS) is 14.4. The summed E-state index contributed by atoms with van der Waals surface area (Å²) >= 11 is 2.91. The van der Waals surface area contributed by atoms with Crippen LogP contribution in [0, 0.1) is 11.3 Å². The van der Waals surface area contributed by atoms with Crippen LogP contribution in [0.3, 0.4) is 0 Å². The van der Waals surface area contributed by atoms with E-state index in [1.807, 2.05) is 30.3 Å². The van der Waals surface area contributed by atoms with E-state index in [1.54, 1.807) is 15.9 Å². The van der Waals surface area contributed by atoms with Gasteiger partial charge in [0.2, 0.25) is 0 Å². The molecule has 0 radical (unpaired) electrons. The first kappa shape index (κ1) is 16.3. The second kappa shape index (κ2) is 6.64. The third-order valence-electron chi connectivity index (χ3n) is 4.31. The zero-order valence-corrected chi connectivity index (χ0v) is 15.4. The Bertz CT molecular complexity index is 1030. The Morgan fingerprint density at radius 3 is 2.92 bits per heavy atom. The van der Waals surface area contributed by atoms with Crippen LogP contribution in [0.5, 0.6) is 0 Å². The van der Waals surface area contributed by atoms with Gasteiger partial charge in [-0.3, -0.25) is 9.36 Å². The van der Waals surface area contributed by atoms with Gasteiger partial charge in [0.25, 0.3) is 5.56 Å². The Balaban J connectivity index is 2.00. The first-order chi connectivity index (χ1) is 12.2. The van der Waals surface area contributed by atoms with Crippen LogP contribution in [0.2, 0.25) is 0 Å². The number of hydrogen-bond acceptors (Lipinski definition) is 6. The number of thioether (sulfide) groups is 1. The molecule has 0 aliphatic carbocycles. The van der Waals surface area contributed by atoms with Crippen LogP contribution in [0.25, 0.3) is 15.9 Å². The fourth-order valence-corrected chi connectivity index (χ4v) is 5.17. The number of rotatable bonds is 3. The van der Waals surface area contributed by atoms with Crippen LogP contribution in [0.4, 0.5) is 0 Å². The number of benzene rings is 1. The highest BCUT2D eigenvalue weighted by Gasteiger charge is 2.24. The Kier molecular flexibility index (Phi) is 4.34. The summed E-state index contributed by atoms with van der Waals surface area (Å²) in [5.74, 6) is 0.263. The highest BCUT2D eigenvalue weighted by Crippen LogP contribution is 2.33. The van der Waals surface area contributed by atoms with E-state index in [-0.39, 0.29) is 11.3 Å². The Morgan fingerprint density at radius 1 is 1.36 bits per heavy atom. The average Bonchev–Trinajstić information content (AvgIpc) is 2.98. The van der Waals surface area contributed by atoms with Crippen LogP contribution < -0.4 is 5.56 Å². The summed E-state index contributed by atoms with van der Waals surface area (Å²) < 4.78 is 1.65. The minimum atomic E-state index is -0.0290. The molecular formula is C18H16N4OS2. The molecular weight excluding hydrogens is 352 g/mol. The van der Waals surface area contributed by atoms with Gasteiger partial charge in [-0.25, -0.2) is 4.98 Å². The maximum absolute atomic E-state index is 13.3. The summed E-state index contributed by atoms with van der Waals surface area (Å²) in [7, 11) is 2.09. The molecule has 0 fully saturated rings. The van der Waals surface area contributed by atoms with E-state index in [1.165, 1.54) is 16.6 Å². The van der Waals surface area contributed by atoms with E-state index in [2.05, 4.69) is 18.0 Å². The van der Waals surface area contributed by atoms with Crippen LogP contribution in [0.1, 0.15) is 10.4 Å². The summed E-state index contributed by atoms with van der Waals surface area (Å²) in [5.41, 5.74) is 1.91. The predicted octanol–water partition coefficient (Wildman–Crippen LogP) is 3.05. The second-order valence-corrected chi connectivity index (χ2v) is 8.02. The molecule has 3 aromatic rings. The Morgan fingerprint density at radius 2 is 2.16 bits per heavy atom. The van der Waals surface area contributed by atoms with E-state index < -0.39 is 0 Å². The van der Waals surface area contributed by atoms with Crippen LogP contribution >= 0.6 is 23.1 Å². The molecule has 3 heterocycles. The lowest BCUT2D eigenvalue weighted by Gasteiger charge is -2.21.